The number of anilines is 3. The predicted octanol–water partition coefficient (Wildman–Crippen LogP) is 3.90. The van der Waals surface area contributed by atoms with E-state index in [2.05, 4.69) is 22.2 Å². The van der Waals surface area contributed by atoms with E-state index in [1.807, 2.05) is 11.9 Å². The first-order valence-corrected chi connectivity index (χ1v) is 8.12. The zero-order valence-electron chi connectivity index (χ0n) is 14.0. The topological polar surface area (TPSA) is 67.4 Å². The highest BCUT2D eigenvalue weighted by Crippen LogP contribution is 2.26. The fraction of sp³-hybridized carbons (Fsp3) is 0.353. The molecule has 2 aromatic rings. The normalized spacial score (nSPS) is 10.3. The molecule has 6 nitrogen and oxygen atoms in total. The van der Waals surface area contributed by atoms with E-state index in [0.717, 1.165) is 19.4 Å². The first-order chi connectivity index (χ1) is 11.5. The molecule has 1 heterocycles. The highest BCUT2D eigenvalue weighted by atomic mass is 35.5. The van der Waals surface area contributed by atoms with E-state index < -0.39 is 5.97 Å². The molecule has 0 aliphatic rings. The van der Waals surface area contributed by atoms with Gasteiger partial charge in [0.15, 0.2) is 0 Å². The van der Waals surface area contributed by atoms with Gasteiger partial charge >= 0.3 is 5.97 Å². The zero-order valence-corrected chi connectivity index (χ0v) is 14.8. The van der Waals surface area contributed by atoms with Crippen molar-refractivity contribution in [3.8, 4) is 0 Å². The third-order valence-electron chi connectivity index (χ3n) is 3.48. The van der Waals surface area contributed by atoms with E-state index in [9.17, 15) is 4.79 Å². The monoisotopic (exact) mass is 348 g/mol. The average Bonchev–Trinajstić information content (AvgIpc) is 2.61. The van der Waals surface area contributed by atoms with E-state index in [4.69, 9.17) is 16.3 Å². The number of nitrogens with zero attached hydrogens (tertiary/aromatic N) is 3. The van der Waals surface area contributed by atoms with Gasteiger partial charge in [-0.25, -0.2) is 9.78 Å². The zero-order chi connectivity index (χ0) is 17.5. The lowest BCUT2D eigenvalue weighted by molar-refractivity contribution is 0.0601. The minimum absolute atomic E-state index is 0.416. The molecule has 7 heteroatoms. The van der Waals surface area contributed by atoms with E-state index in [0.29, 0.717) is 28.0 Å². The van der Waals surface area contributed by atoms with Crippen LogP contribution in [0.2, 0.25) is 5.02 Å². The number of benzene rings is 1. The molecule has 0 atom stereocenters. The van der Waals surface area contributed by atoms with Crippen LogP contribution in [-0.2, 0) is 4.74 Å². The van der Waals surface area contributed by atoms with Gasteiger partial charge in [-0.15, -0.1) is 0 Å². The molecule has 128 valence electrons. The molecular formula is C17H21ClN4O2. The smallest absolute Gasteiger partial charge is 0.337 e. The summed E-state index contributed by atoms with van der Waals surface area (Å²) in [5, 5.41) is 3.61. The third kappa shape index (κ3) is 4.58. The highest BCUT2D eigenvalue weighted by molar-refractivity contribution is 6.33. The Balaban J connectivity index is 2.20. The minimum atomic E-state index is -0.419. The summed E-state index contributed by atoms with van der Waals surface area (Å²) in [4.78, 5) is 22.4. The van der Waals surface area contributed by atoms with Gasteiger partial charge < -0.3 is 15.0 Å². The number of hydrogen-bond acceptors (Lipinski definition) is 6. The molecular weight excluding hydrogens is 328 g/mol. The second-order valence-electron chi connectivity index (χ2n) is 5.33. The van der Waals surface area contributed by atoms with Gasteiger partial charge in [0.05, 0.1) is 23.4 Å². The maximum absolute atomic E-state index is 11.6. The summed E-state index contributed by atoms with van der Waals surface area (Å²) in [5.74, 6) is 0.818. The maximum atomic E-state index is 11.6. The summed E-state index contributed by atoms with van der Waals surface area (Å²) in [5.41, 5.74) is 0.999. The van der Waals surface area contributed by atoms with Gasteiger partial charge in [0.1, 0.15) is 5.82 Å². The maximum Gasteiger partial charge on any atom is 0.337 e. The molecule has 0 bridgehead atoms. The minimum Gasteiger partial charge on any atom is -0.465 e. The number of nitrogens with one attached hydrogen (secondary N) is 1. The Hall–Kier alpha value is -2.34. The number of aromatic nitrogens is 2. The molecule has 1 aromatic heterocycles. The van der Waals surface area contributed by atoms with Gasteiger partial charge in [0, 0.05) is 19.8 Å². The summed E-state index contributed by atoms with van der Waals surface area (Å²) in [6, 6.07) is 6.64. The van der Waals surface area contributed by atoms with Crippen LogP contribution in [0, 0.1) is 0 Å². The molecule has 0 fully saturated rings. The van der Waals surface area contributed by atoms with Crippen molar-refractivity contribution in [3.05, 3.63) is 41.0 Å². The fourth-order valence-electron chi connectivity index (χ4n) is 2.10. The summed E-state index contributed by atoms with van der Waals surface area (Å²) >= 11 is 6.20. The van der Waals surface area contributed by atoms with Crippen molar-refractivity contribution in [2.75, 3.05) is 30.9 Å². The van der Waals surface area contributed by atoms with Crippen molar-refractivity contribution in [3.63, 3.8) is 0 Å². The van der Waals surface area contributed by atoms with Crippen molar-refractivity contribution in [1.29, 1.82) is 0 Å². The highest BCUT2D eigenvalue weighted by Gasteiger charge is 2.11. The molecule has 0 spiro atoms. The van der Waals surface area contributed by atoms with Crippen LogP contribution in [0.5, 0.6) is 0 Å². The Morgan fingerprint density at radius 3 is 2.88 bits per heavy atom. The van der Waals surface area contributed by atoms with Gasteiger partial charge in [-0.3, -0.25) is 0 Å². The van der Waals surface area contributed by atoms with Gasteiger partial charge in [0.2, 0.25) is 5.95 Å². The van der Waals surface area contributed by atoms with Crippen LogP contribution in [0.1, 0.15) is 30.1 Å². The summed E-state index contributed by atoms with van der Waals surface area (Å²) in [7, 11) is 3.30. The molecule has 0 aliphatic carbocycles. The number of methoxy groups -OCH3 is 1. The predicted molar refractivity (Wildman–Crippen MR) is 96.3 cm³/mol. The van der Waals surface area contributed by atoms with Crippen LogP contribution in [0.3, 0.4) is 0 Å². The molecule has 0 unspecified atom stereocenters. The molecule has 0 aliphatic heterocycles. The van der Waals surface area contributed by atoms with Crippen LogP contribution in [0.25, 0.3) is 0 Å². The SMILES string of the molecule is CCCCN(C)c1nccc(Nc2cc(C(=O)OC)ccc2Cl)n1. The third-order valence-corrected chi connectivity index (χ3v) is 3.81. The first kappa shape index (κ1) is 18.0. The second kappa shape index (κ2) is 8.49. The fourth-order valence-corrected chi connectivity index (χ4v) is 2.27. The Kier molecular flexibility index (Phi) is 6.37. The Morgan fingerprint density at radius 2 is 2.17 bits per heavy atom. The van der Waals surface area contributed by atoms with Crippen molar-refractivity contribution in [2.45, 2.75) is 19.8 Å². The lowest BCUT2D eigenvalue weighted by Gasteiger charge is -2.17. The Morgan fingerprint density at radius 1 is 1.38 bits per heavy atom. The first-order valence-electron chi connectivity index (χ1n) is 7.74. The van der Waals surface area contributed by atoms with Crippen LogP contribution < -0.4 is 10.2 Å². The molecule has 24 heavy (non-hydrogen) atoms. The number of carbonyl (C=O) groups is 1. The lowest BCUT2D eigenvalue weighted by atomic mass is 10.2. The van der Waals surface area contributed by atoms with Crippen molar-refractivity contribution in [2.24, 2.45) is 0 Å². The molecule has 0 saturated heterocycles. The van der Waals surface area contributed by atoms with Crippen LogP contribution in [-0.4, -0.2) is 36.6 Å². The Labute approximate surface area is 146 Å². The molecule has 2 rings (SSSR count). The number of halogens is 1. The summed E-state index contributed by atoms with van der Waals surface area (Å²) in [6.07, 6.45) is 3.87. The molecule has 0 amide bonds. The van der Waals surface area contributed by atoms with Gasteiger partial charge in [0.25, 0.3) is 0 Å². The van der Waals surface area contributed by atoms with Crippen molar-refractivity contribution >= 4 is 35.0 Å². The van der Waals surface area contributed by atoms with Crippen LogP contribution >= 0.6 is 11.6 Å². The lowest BCUT2D eigenvalue weighted by Crippen LogP contribution is -2.21. The number of carbonyl (C=O) groups excluding carboxylic acids is 1. The van der Waals surface area contributed by atoms with Crippen LogP contribution in [0.15, 0.2) is 30.5 Å². The molecule has 0 radical (unpaired) electrons. The van der Waals surface area contributed by atoms with Gasteiger partial charge in [-0.05, 0) is 30.7 Å². The molecule has 1 N–H and O–H groups in total. The molecule has 0 saturated carbocycles. The number of esters is 1. The number of hydrogen-bond donors (Lipinski definition) is 1. The van der Waals surface area contributed by atoms with Gasteiger partial charge in [-0.1, -0.05) is 24.9 Å². The number of rotatable bonds is 7. The second-order valence-corrected chi connectivity index (χ2v) is 5.74. The Bertz CT molecular complexity index is 709. The number of ether oxygens (including phenoxy) is 1. The van der Waals surface area contributed by atoms with Crippen molar-refractivity contribution in [1.82, 2.24) is 9.97 Å². The van der Waals surface area contributed by atoms with E-state index in [1.165, 1.54) is 7.11 Å². The van der Waals surface area contributed by atoms with Crippen LogP contribution in [0.4, 0.5) is 17.5 Å². The van der Waals surface area contributed by atoms with Crippen molar-refractivity contribution < 1.29 is 9.53 Å². The van der Waals surface area contributed by atoms with E-state index >= 15 is 0 Å². The summed E-state index contributed by atoms with van der Waals surface area (Å²) < 4.78 is 4.73. The van der Waals surface area contributed by atoms with E-state index in [1.54, 1.807) is 30.5 Å². The number of unbranched alkanes of at least 4 members (excludes halogenated alkanes) is 1. The standard InChI is InChI=1S/C17H21ClN4O2/c1-4-5-10-22(2)17-19-9-8-15(21-17)20-14-11-12(16(23)24-3)6-7-13(14)18/h6-9,11H,4-5,10H2,1-3H3,(H,19,20,21). The summed E-state index contributed by atoms with van der Waals surface area (Å²) in [6.45, 7) is 3.03. The largest absolute Gasteiger partial charge is 0.465 e. The van der Waals surface area contributed by atoms with Gasteiger partial charge in [-0.2, -0.15) is 4.98 Å². The quantitative estimate of drug-likeness (QED) is 0.765. The van der Waals surface area contributed by atoms with E-state index in [-0.39, 0.29) is 0 Å². The molecule has 1 aromatic carbocycles. The average molecular weight is 349 g/mol.